The molecule has 114 valence electrons. The van der Waals surface area contributed by atoms with Crippen LogP contribution in [-0.2, 0) is 6.54 Å². The van der Waals surface area contributed by atoms with E-state index in [0.717, 1.165) is 39.3 Å². The molecule has 0 amide bonds. The number of thiazole rings is 1. The number of anilines is 1. The fourth-order valence-corrected chi connectivity index (χ4v) is 3.64. The SMILES string of the molecule is CCNCc1sc(N2CCN(C(C)CC)CC2)nc1C. The molecule has 0 aliphatic carbocycles. The van der Waals surface area contributed by atoms with E-state index in [2.05, 4.69) is 42.8 Å². The standard InChI is InChI=1S/C15H28N4S/c1-5-12(3)18-7-9-19(10-8-18)15-17-13(4)14(20-15)11-16-6-2/h12,16H,5-11H2,1-4H3. The van der Waals surface area contributed by atoms with Crippen molar-refractivity contribution < 1.29 is 0 Å². The van der Waals surface area contributed by atoms with Crippen molar-refractivity contribution in [2.24, 2.45) is 0 Å². The largest absolute Gasteiger partial charge is 0.346 e. The smallest absolute Gasteiger partial charge is 0.185 e. The van der Waals surface area contributed by atoms with Crippen LogP contribution in [0, 0.1) is 6.92 Å². The summed E-state index contributed by atoms with van der Waals surface area (Å²) in [7, 11) is 0. The Morgan fingerprint density at radius 1 is 1.25 bits per heavy atom. The van der Waals surface area contributed by atoms with Gasteiger partial charge in [0.2, 0.25) is 0 Å². The average molecular weight is 296 g/mol. The lowest BCUT2D eigenvalue weighted by Gasteiger charge is -2.37. The average Bonchev–Trinajstić information content (AvgIpc) is 2.85. The molecule has 2 rings (SSSR count). The third kappa shape index (κ3) is 3.71. The highest BCUT2D eigenvalue weighted by Crippen LogP contribution is 2.27. The Balaban J connectivity index is 1.93. The molecule has 1 fully saturated rings. The summed E-state index contributed by atoms with van der Waals surface area (Å²) >= 11 is 1.86. The van der Waals surface area contributed by atoms with Crippen LogP contribution in [-0.4, -0.2) is 48.6 Å². The van der Waals surface area contributed by atoms with Crippen LogP contribution in [0.1, 0.15) is 37.8 Å². The minimum Gasteiger partial charge on any atom is -0.346 e. The van der Waals surface area contributed by atoms with Gasteiger partial charge in [-0.3, -0.25) is 4.90 Å². The van der Waals surface area contributed by atoms with Crippen molar-refractivity contribution in [3.8, 4) is 0 Å². The topological polar surface area (TPSA) is 31.4 Å². The van der Waals surface area contributed by atoms with Gasteiger partial charge in [-0.1, -0.05) is 13.8 Å². The number of hydrogen-bond donors (Lipinski definition) is 1. The van der Waals surface area contributed by atoms with Gasteiger partial charge in [-0.15, -0.1) is 11.3 Å². The van der Waals surface area contributed by atoms with E-state index in [9.17, 15) is 0 Å². The molecule has 0 aromatic carbocycles. The summed E-state index contributed by atoms with van der Waals surface area (Å²) in [5.41, 5.74) is 1.19. The summed E-state index contributed by atoms with van der Waals surface area (Å²) < 4.78 is 0. The predicted molar refractivity (Wildman–Crippen MR) is 87.8 cm³/mol. The molecule has 0 saturated carbocycles. The third-order valence-electron chi connectivity index (χ3n) is 4.22. The van der Waals surface area contributed by atoms with Gasteiger partial charge in [0, 0.05) is 43.6 Å². The Bertz CT molecular complexity index is 410. The maximum atomic E-state index is 4.76. The molecule has 4 nitrogen and oxygen atoms in total. The van der Waals surface area contributed by atoms with Gasteiger partial charge in [0.25, 0.3) is 0 Å². The van der Waals surface area contributed by atoms with Crippen LogP contribution < -0.4 is 10.2 Å². The molecular formula is C15H28N4S. The second kappa shape index (κ2) is 7.38. The number of rotatable bonds is 6. The Hall–Kier alpha value is -0.650. The van der Waals surface area contributed by atoms with Crippen LogP contribution in [0.15, 0.2) is 0 Å². The molecule has 2 heterocycles. The first-order valence-corrected chi connectivity index (χ1v) is 8.63. The highest BCUT2D eigenvalue weighted by atomic mass is 32.1. The van der Waals surface area contributed by atoms with Gasteiger partial charge >= 0.3 is 0 Å². The molecule has 0 spiro atoms. The molecule has 1 atom stereocenters. The minimum atomic E-state index is 0.708. The summed E-state index contributed by atoms with van der Waals surface area (Å²) in [6, 6.07) is 0.708. The molecule has 1 aliphatic heterocycles. The van der Waals surface area contributed by atoms with E-state index in [4.69, 9.17) is 4.98 Å². The van der Waals surface area contributed by atoms with Crippen molar-refractivity contribution >= 4 is 16.5 Å². The summed E-state index contributed by atoms with van der Waals surface area (Å²) in [5.74, 6) is 0. The van der Waals surface area contributed by atoms with Crippen molar-refractivity contribution in [1.29, 1.82) is 0 Å². The van der Waals surface area contributed by atoms with E-state index >= 15 is 0 Å². The quantitative estimate of drug-likeness (QED) is 0.874. The normalized spacial score (nSPS) is 18.5. The molecule has 20 heavy (non-hydrogen) atoms. The van der Waals surface area contributed by atoms with Gasteiger partial charge in [-0.25, -0.2) is 4.98 Å². The first kappa shape index (κ1) is 15.7. The predicted octanol–water partition coefficient (Wildman–Crippen LogP) is 2.48. The van der Waals surface area contributed by atoms with Crippen LogP contribution in [0.4, 0.5) is 5.13 Å². The van der Waals surface area contributed by atoms with Gasteiger partial charge < -0.3 is 10.2 Å². The Morgan fingerprint density at radius 2 is 1.95 bits per heavy atom. The summed E-state index contributed by atoms with van der Waals surface area (Å²) in [6.45, 7) is 15.4. The van der Waals surface area contributed by atoms with Crippen LogP contribution in [0.25, 0.3) is 0 Å². The molecule has 1 aromatic heterocycles. The van der Waals surface area contributed by atoms with Gasteiger partial charge in [0.05, 0.1) is 5.69 Å². The lowest BCUT2D eigenvalue weighted by Crippen LogP contribution is -2.49. The van der Waals surface area contributed by atoms with E-state index in [0.29, 0.717) is 6.04 Å². The van der Waals surface area contributed by atoms with E-state index in [1.807, 2.05) is 11.3 Å². The number of nitrogens with zero attached hydrogens (tertiary/aromatic N) is 3. The Morgan fingerprint density at radius 3 is 2.55 bits per heavy atom. The van der Waals surface area contributed by atoms with E-state index in [1.54, 1.807) is 0 Å². The van der Waals surface area contributed by atoms with Crippen LogP contribution >= 0.6 is 11.3 Å². The molecule has 0 radical (unpaired) electrons. The lowest BCUT2D eigenvalue weighted by atomic mass is 10.2. The van der Waals surface area contributed by atoms with E-state index in [1.165, 1.54) is 22.1 Å². The molecular weight excluding hydrogens is 268 g/mol. The minimum absolute atomic E-state index is 0.708. The number of aryl methyl sites for hydroxylation is 1. The molecule has 1 aliphatic rings. The third-order valence-corrected chi connectivity index (χ3v) is 5.43. The lowest BCUT2D eigenvalue weighted by molar-refractivity contribution is 0.193. The monoisotopic (exact) mass is 296 g/mol. The van der Waals surface area contributed by atoms with Crippen LogP contribution in [0.2, 0.25) is 0 Å². The fraction of sp³-hybridized carbons (Fsp3) is 0.800. The summed E-state index contributed by atoms with van der Waals surface area (Å²) in [5, 5.41) is 4.60. The first-order chi connectivity index (χ1) is 9.65. The van der Waals surface area contributed by atoms with Crippen molar-refractivity contribution in [2.45, 2.75) is 46.7 Å². The number of hydrogen-bond acceptors (Lipinski definition) is 5. The molecule has 1 N–H and O–H groups in total. The molecule has 1 unspecified atom stereocenters. The Kier molecular flexibility index (Phi) is 5.81. The molecule has 1 saturated heterocycles. The maximum Gasteiger partial charge on any atom is 0.185 e. The van der Waals surface area contributed by atoms with Gasteiger partial charge in [0.1, 0.15) is 0 Å². The van der Waals surface area contributed by atoms with Gasteiger partial charge in [0.15, 0.2) is 5.13 Å². The highest BCUT2D eigenvalue weighted by Gasteiger charge is 2.22. The molecule has 1 aromatic rings. The van der Waals surface area contributed by atoms with Gasteiger partial charge in [-0.05, 0) is 26.8 Å². The Labute approximate surface area is 127 Å². The van der Waals surface area contributed by atoms with Crippen LogP contribution in [0.3, 0.4) is 0 Å². The zero-order valence-electron chi connectivity index (χ0n) is 13.3. The van der Waals surface area contributed by atoms with Crippen molar-refractivity contribution in [3.05, 3.63) is 10.6 Å². The highest BCUT2D eigenvalue weighted by molar-refractivity contribution is 7.15. The maximum absolute atomic E-state index is 4.76. The summed E-state index contributed by atoms with van der Waals surface area (Å²) in [4.78, 5) is 11.2. The second-order valence-electron chi connectivity index (χ2n) is 5.57. The first-order valence-electron chi connectivity index (χ1n) is 7.81. The van der Waals surface area contributed by atoms with Gasteiger partial charge in [-0.2, -0.15) is 0 Å². The van der Waals surface area contributed by atoms with Crippen molar-refractivity contribution in [2.75, 3.05) is 37.6 Å². The fourth-order valence-electron chi connectivity index (χ4n) is 2.56. The summed E-state index contributed by atoms with van der Waals surface area (Å²) in [6.07, 6.45) is 1.24. The van der Waals surface area contributed by atoms with Crippen molar-refractivity contribution in [1.82, 2.24) is 15.2 Å². The molecule has 5 heteroatoms. The van der Waals surface area contributed by atoms with Crippen molar-refractivity contribution in [3.63, 3.8) is 0 Å². The van der Waals surface area contributed by atoms with Crippen LogP contribution in [0.5, 0.6) is 0 Å². The second-order valence-corrected chi connectivity index (χ2v) is 6.63. The van der Waals surface area contributed by atoms with E-state index < -0.39 is 0 Å². The zero-order chi connectivity index (χ0) is 14.5. The number of nitrogens with one attached hydrogen (secondary N) is 1. The zero-order valence-corrected chi connectivity index (χ0v) is 14.1. The van der Waals surface area contributed by atoms with E-state index in [-0.39, 0.29) is 0 Å². The number of piperazine rings is 1. The molecule has 0 bridgehead atoms. The number of aromatic nitrogens is 1.